The first-order valence-corrected chi connectivity index (χ1v) is 9.29. The lowest BCUT2D eigenvalue weighted by atomic mass is 10.1. The zero-order chi connectivity index (χ0) is 19.8. The largest absolute Gasteiger partial charge is 0.450 e. The maximum absolute atomic E-state index is 14.1. The van der Waals surface area contributed by atoms with Crippen molar-refractivity contribution in [3.8, 4) is 0 Å². The van der Waals surface area contributed by atoms with Crippen molar-refractivity contribution in [3.05, 3.63) is 29.6 Å². The molecule has 1 saturated heterocycles. The summed E-state index contributed by atoms with van der Waals surface area (Å²) < 4.78 is 19.1. The van der Waals surface area contributed by atoms with Crippen molar-refractivity contribution in [2.75, 3.05) is 45.7 Å². The van der Waals surface area contributed by atoms with Gasteiger partial charge in [-0.25, -0.2) is 9.18 Å². The number of aliphatic imine (C=N–C) groups is 1. The average molecular weight is 379 g/mol. The van der Waals surface area contributed by atoms with Crippen LogP contribution in [0.1, 0.15) is 25.3 Å². The van der Waals surface area contributed by atoms with E-state index in [9.17, 15) is 9.18 Å². The monoisotopic (exact) mass is 379 g/mol. The van der Waals surface area contributed by atoms with Gasteiger partial charge in [-0.05, 0) is 37.5 Å². The molecule has 27 heavy (non-hydrogen) atoms. The van der Waals surface area contributed by atoms with E-state index in [1.807, 2.05) is 27.1 Å². The molecule has 7 nitrogen and oxygen atoms in total. The van der Waals surface area contributed by atoms with Gasteiger partial charge >= 0.3 is 6.09 Å². The van der Waals surface area contributed by atoms with Crippen LogP contribution in [-0.2, 0) is 11.3 Å². The summed E-state index contributed by atoms with van der Waals surface area (Å²) in [5.41, 5.74) is 1.41. The molecule has 1 amide bonds. The molecule has 0 bridgehead atoms. The predicted molar refractivity (Wildman–Crippen MR) is 106 cm³/mol. The van der Waals surface area contributed by atoms with Gasteiger partial charge in [-0.15, -0.1) is 0 Å². The number of halogens is 1. The normalized spacial score (nSPS) is 15.4. The first-order valence-electron chi connectivity index (χ1n) is 9.29. The molecule has 1 fully saturated rings. The number of guanidine groups is 1. The number of carbonyl (C=O) groups excluding carboxylic acids is 1. The van der Waals surface area contributed by atoms with Gasteiger partial charge in [0, 0.05) is 46.8 Å². The summed E-state index contributed by atoms with van der Waals surface area (Å²) in [7, 11) is 5.34. The van der Waals surface area contributed by atoms with Gasteiger partial charge in [-0.3, -0.25) is 4.99 Å². The van der Waals surface area contributed by atoms with Crippen molar-refractivity contribution in [2.24, 2.45) is 4.99 Å². The van der Waals surface area contributed by atoms with Crippen LogP contribution in [0.3, 0.4) is 0 Å². The first kappa shape index (κ1) is 20.8. The van der Waals surface area contributed by atoms with Crippen LogP contribution < -0.4 is 15.5 Å². The second-order valence-electron chi connectivity index (χ2n) is 6.71. The number of anilines is 1. The Labute approximate surface area is 160 Å². The molecule has 0 aliphatic carbocycles. The Morgan fingerprint density at radius 1 is 1.37 bits per heavy atom. The summed E-state index contributed by atoms with van der Waals surface area (Å²) in [6.07, 6.45) is 1.40. The topological polar surface area (TPSA) is 69.2 Å². The Hall–Kier alpha value is -2.51. The number of piperidine rings is 1. The lowest BCUT2D eigenvalue weighted by Crippen LogP contribution is -2.49. The van der Waals surface area contributed by atoms with E-state index in [4.69, 9.17) is 4.74 Å². The summed E-state index contributed by atoms with van der Waals surface area (Å²) in [6, 6.07) is 5.44. The Bertz CT molecular complexity index is 658. The molecule has 1 aromatic carbocycles. The fourth-order valence-corrected chi connectivity index (χ4v) is 3.02. The molecule has 0 aromatic heterocycles. The van der Waals surface area contributed by atoms with Crippen molar-refractivity contribution in [1.82, 2.24) is 15.5 Å². The van der Waals surface area contributed by atoms with E-state index in [0.29, 0.717) is 37.9 Å². The number of hydrogen-bond donors (Lipinski definition) is 2. The molecule has 0 unspecified atom stereocenters. The zero-order valence-electron chi connectivity index (χ0n) is 16.6. The van der Waals surface area contributed by atoms with E-state index < -0.39 is 0 Å². The van der Waals surface area contributed by atoms with Gasteiger partial charge < -0.3 is 25.2 Å². The predicted octanol–water partition coefficient (Wildman–Crippen LogP) is 2.18. The second-order valence-corrected chi connectivity index (χ2v) is 6.71. The number of hydrogen-bond acceptors (Lipinski definition) is 4. The molecular formula is C19H30FN5O2. The van der Waals surface area contributed by atoms with Crippen molar-refractivity contribution >= 4 is 17.7 Å². The highest BCUT2D eigenvalue weighted by Crippen LogP contribution is 2.18. The number of rotatable bonds is 5. The number of ether oxygens (including phenoxy) is 1. The quantitative estimate of drug-likeness (QED) is 0.606. The Morgan fingerprint density at radius 2 is 2.07 bits per heavy atom. The average Bonchev–Trinajstić information content (AvgIpc) is 2.65. The third-order valence-electron chi connectivity index (χ3n) is 4.54. The van der Waals surface area contributed by atoms with Crippen LogP contribution in [0, 0.1) is 5.82 Å². The van der Waals surface area contributed by atoms with Crippen molar-refractivity contribution in [1.29, 1.82) is 0 Å². The second kappa shape index (κ2) is 9.99. The molecular weight excluding hydrogens is 349 g/mol. The lowest BCUT2D eigenvalue weighted by Gasteiger charge is -2.32. The molecule has 1 aliphatic heterocycles. The summed E-state index contributed by atoms with van der Waals surface area (Å²) in [5, 5.41) is 6.59. The highest BCUT2D eigenvalue weighted by Gasteiger charge is 2.24. The molecule has 150 valence electrons. The van der Waals surface area contributed by atoms with Crippen molar-refractivity contribution < 1.29 is 13.9 Å². The van der Waals surface area contributed by atoms with Crippen molar-refractivity contribution in [3.63, 3.8) is 0 Å². The maximum Gasteiger partial charge on any atom is 0.409 e. The highest BCUT2D eigenvalue weighted by molar-refractivity contribution is 5.80. The molecule has 1 heterocycles. The summed E-state index contributed by atoms with van der Waals surface area (Å²) in [4.78, 5) is 19.5. The minimum atomic E-state index is -0.248. The minimum absolute atomic E-state index is 0.231. The molecule has 8 heteroatoms. The Kier molecular flexibility index (Phi) is 7.69. The molecule has 0 spiro atoms. The third-order valence-corrected chi connectivity index (χ3v) is 4.54. The Morgan fingerprint density at radius 3 is 2.63 bits per heavy atom. The molecule has 2 N–H and O–H groups in total. The summed E-state index contributed by atoms with van der Waals surface area (Å²) >= 11 is 0. The molecule has 0 saturated carbocycles. The van der Waals surface area contributed by atoms with Gasteiger partial charge in [0.25, 0.3) is 0 Å². The van der Waals surface area contributed by atoms with E-state index in [1.54, 1.807) is 22.9 Å². The van der Waals surface area contributed by atoms with Gasteiger partial charge in [-0.2, -0.15) is 0 Å². The first-order chi connectivity index (χ1) is 12.9. The van der Waals surface area contributed by atoms with Crippen LogP contribution >= 0.6 is 0 Å². The van der Waals surface area contributed by atoms with Crippen LogP contribution in [0.15, 0.2) is 23.2 Å². The molecule has 2 rings (SSSR count). The van der Waals surface area contributed by atoms with E-state index in [0.717, 1.165) is 18.4 Å². The number of nitrogens with one attached hydrogen (secondary N) is 2. The van der Waals surface area contributed by atoms with E-state index in [-0.39, 0.29) is 18.0 Å². The summed E-state index contributed by atoms with van der Waals surface area (Å²) in [6.45, 7) is 3.99. The Balaban J connectivity index is 1.81. The number of carbonyl (C=O) groups is 1. The van der Waals surface area contributed by atoms with Crippen LogP contribution in [-0.4, -0.2) is 63.8 Å². The van der Waals surface area contributed by atoms with Crippen LogP contribution in [0.4, 0.5) is 14.9 Å². The highest BCUT2D eigenvalue weighted by atomic mass is 19.1. The SMILES string of the molecule is CCOC(=O)N1CCC(NC(=NC)NCc2ccc(N(C)C)c(F)c2)CC1. The van der Waals surface area contributed by atoms with Crippen molar-refractivity contribution in [2.45, 2.75) is 32.4 Å². The van der Waals surface area contributed by atoms with Gasteiger partial charge in [0.05, 0.1) is 12.3 Å². The summed E-state index contributed by atoms with van der Waals surface area (Å²) in [5.74, 6) is 0.426. The standard InChI is InChI=1S/C19H30FN5O2/c1-5-27-19(26)25-10-8-15(9-11-25)23-18(21-2)22-13-14-6-7-17(24(3)4)16(20)12-14/h6-7,12,15H,5,8-11,13H2,1-4H3,(H2,21,22,23). The molecule has 0 radical (unpaired) electrons. The van der Waals surface area contributed by atoms with Crippen LogP contribution in [0.5, 0.6) is 0 Å². The smallest absolute Gasteiger partial charge is 0.409 e. The van der Waals surface area contributed by atoms with Gasteiger partial charge in [0.1, 0.15) is 5.82 Å². The number of benzene rings is 1. The van der Waals surface area contributed by atoms with Crippen LogP contribution in [0.2, 0.25) is 0 Å². The molecule has 1 aliphatic rings. The number of amides is 1. The minimum Gasteiger partial charge on any atom is -0.450 e. The van der Waals surface area contributed by atoms with Gasteiger partial charge in [0.15, 0.2) is 5.96 Å². The number of nitrogens with zero attached hydrogens (tertiary/aromatic N) is 3. The maximum atomic E-state index is 14.1. The van der Waals surface area contributed by atoms with Gasteiger partial charge in [0.2, 0.25) is 0 Å². The van der Waals surface area contributed by atoms with E-state index in [2.05, 4.69) is 15.6 Å². The zero-order valence-corrected chi connectivity index (χ0v) is 16.6. The van der Waals surface area contributed by atoms with E-state index >= 15 is 0 Å². The third kappa shape index (κ3) is 6.01. The van der Waals surface area contributed by atoms with Gasteiger partial charge in [-0.1, -0.05) is 6.07 Å². The van der Waals surface area contributed by atoms with Crippen LogP contribution in [0.25, 0.3) is 0 Å². The fraction of sp³-hybridized carbons (Fsp3) is 0.579. The number of likely N-dealkylation sites (tertiary alicyclic amines) is 1. The fourth-order valence-electron chi connectivity index (χ4n) is 3.02. The molecule has 0 atom stereocenters. The van der Waals surface area contributed by atoms with E-state index in [1.165, 1.54) is 6.07 Å². The molecule has 1 aromatic rings. The lowest BCUT2D eigenvalue weighted by molar-refractivity contribution is 0.0963.